The van der Waals surface area contributed by atoms with E-state index in [9.17, 15) is 4.79 Å². The first-order valence-electron chi connectivity index (χ1n) is 7.81. The van der Waals surface area contributed by atoms with Gasteiger partial charge in [0, 0.05) is 49.6 Å². The molecule has 1 aromatic carbocycles. The number of hydrogen-bond donors (Lipinski definition) is 1. The SMILES string of the molecule is COc1ccccc1C1CNCCN1C(=O)CCc1nccs1.Cl.Cl. The average molecular weight is 404 g/mol. The van der Waals surface area contributed by atoms with Gasteiger partial charge >= 0.3 is 0 Å². The lowest BCUT2D eigenvalue weighted by Gasteiger charge is -2.37. The van der Waals surface area contributed by atoms with Crippen LogP contribution in [0.25, 0.3) is 0 Å². The highest BCUT2D eigenvalue weighted by Crippen LogP contribution is 2.30. The van der Waals surface area contributed by atoms with Crippen LogP contribution >= 0.6 is 36.2 Å². The summed E-state index contributed by atoms with van der Waals surface area (Å²) in [5.41, 5.74) is 1.06. The van der Waals surface area contributed by atoms with E-state index >= 15 is 0 Å². The van der Waals surface area contributed by atoms with E-state index in [0.717, 1.165) is 36.0 Å². The first kappa shape index (κ1) is 21.7. The van der Waals surface area contributed by atoms with E-state index < -0.39 is 0 Å². The monoisotopic (exact) mass is 403 g/mol. The van der Waals surface area contributed by atoms with Crippen molar-refractivity contribution >= 4 is 42.1 Å². The van der Waals surface area contributed by atoms with Crippen LogP contribution in [0.2, 0.25) is 0 Å². The van der Waals surface area contributed by atoms with Crippen molar-refractivity contribution in [3.8, 4) is 5.75 Å². The van der Waals surface area contributed by atoms with E-state index in [-0.39, 0.29) is 36.8 Å². The zero-order chi connectivity index (χ0) is 16.1. The number of ether oxygens (including phenoxy) is 1. The number of aryl methyl sites for hydroxylation is 1. The Kier molecular flexibility index (Phi) is 9.21. The Balaban J connectivity index is 0.00000156. The van der Waals surface area contributed by atoms with Crippen LogP contribution in [0.1, 0.15) is 23.0 Å². The smallest absolute Gasteiger partial charge is 0.223 e. The van der Waals surface area contributed by atoms with E-state index in [4.69, 9.17) is 4.74 Å². The molecule has 2 aromatic rings. The standard InChI is InChI=1S/C17H21N3O2S.2ClH/c1-22-15-5-3-2-4-13(15)14-12-18-8-10-20(14)17(21)7-6-16-19-9-11-23-16;;/h2-5,9,11,14,18H,6-8,10,12H2,1H3;2*1H. The van der Waals surface area contributed by atoms with Gasteiger partial charge in [0.15, 0.2) is 0 Å². The molecule has 3 rings (SSSR count). The Morgan fingerprint density at radius 3 is 2.92 bits per heavy atom. The minimum Gasteiger partial charge on any atom is -0.496 e. The third kappa shape index (κ3) is 5.31. The molecule has 1 aliphatic heterocycles. The van der Waals surface area contributed by atoms with Crippen molar-refractivity contribution in [3.63, 3.8) is 0 Å². The number of rotatable bonds is 5. The molecule has 1 fully saturated rings. The van der Waals surface area contributed by atoms with E-state index in [1.54, 1.807) is 24.6 Å². The minimum absolute atomic E-state index is 0. The number of thiazole rings is 1. The van der Waals surface area contributed by atoms with Gasteiger partial charge in [-0.2, -0.15) is 0 Å². The summed E-state index contributed by atoms with van der Waals surface area (Å²) in [6.45, 7) is 2.30. The highest BCUT2D eigenvalue weighted by molar-refractivity contribution is 7.09. The fourth-order valence-corrected chi connectivity index (χ4v) is 3.58. The van der Waals surface area contributed by atoms with Crippen molar-refractivity contribution in [2.45, 2.75) is 18.9 Å². The Bertz CT molecular complexity index is 655. The van der Waals surface area contributed by atoms with Crippen LogP contribution in [0.3, 0.4) is 0 Å². The molecule has 0 saturated carbocycles. The minimum atomic E-state index is 0. The van der Waals surface area contributed by atoms with Crippen LogP contribution in [-0.2, 0) is 11.2 Å². The topological polar surface area (TPSA) is 54.5 Å². The van der Waals surface area contributed by atoms with E-state index in [1.807, 2.05) is 34.5 Å². The predicted molar refractivity (Wildman–Crippen MR) is 105 cm³/mol. The number of para-hydroxylation sites is 1. The molecule has 1 N–H and O–H groups in total. The number of carbonyl (C=O) groups is 1. The lowest BCUT2D eigenvalue weighted by atomic mass is 10.0. The van der Waals surface area contributed by atoms with E-state index in [2.05, 4.69) is 10.3 Å². The molecule has 0 aliphatic carbocycles. The first-order valence-corrected chi connectivity index (χ1v) is 8.69. The average Bonchev–Trinajstić information content (AvgIpc) is 3.13. The van der Waals surface area contributed by atoms with Gasteiger partial charge in [-0.05, 0) is 6.07 Å². The summed E-state index contributed by atoms with van der Waals surface area (Å²) in [6, 6.07) is 7.95. The lowest BCUT2D eigenvalue weighted by Crippen LogP contribution is -2.48. The lowest BCUT2D eigenvalue weighted by molar-refractivity contribution is -0.134. The Hall–Kier alpha value is -1.34. The highest BCUT2D eigenvalue weighted by atomic mass is 35.5. The summed E-state index contributed by atoms with van der Waals surface area (Å²) in [4.78, 5) is 18.9. The number of hydrogen-bond acceptors (Lipinski definition) is 5. The van der Waals surface area contributed by atoms with Crippen molar-refractivity contribution in [2.24, 2.45) is 0 Å². The zero-order valence-corrected chi connectivity index (χ0v) is 16.5. The van der Waals surface area contributed by atoms with Crippen molar-refractivity contribution in [1.29, 1.82) is 0 Å². The maximum atomic E-state index is 12.7. The van der Waals surface area contributed by atoms with Crippen LogP contribution in [0.4, 0.5) is 0 Å². The van der Waals surface area contributed by atoms with Gasteiger partial charge in [-0.1, -0.05) is 18.2 Å². The van der Waals surface area contributed by atoms with Gasteiger partial charge in [-0.3, -0.25) is 4.79 Å². The molecule has 1 aliphatic rings. The van der Waals surface area contributed by atoms with Gasteiger partial charge < -0.3 is 15.0 Å². The number of methoxy groups -OCH3 is 1. The van der Waals surface area contributed by atoms with Gasteiger partial charge in [0.1, 0.15) is 5.75 Å². The fraction of sp³-hybridized carbons (Fsp3) is 0.412. The van der Waals surface area contributed by atoms with Crippen LogP contribution in [0.5, 0.6) is 5.75 Å². The summed E-state index contributed by atoms with van der Waals surface area (Å²) < 4.78 is 5.47. The molecule has 5 nitrogen and oxygen atoms in total. The number of amides is 1. The molecule has 1 saturated heterocycles. The molecule has 25 heavy (non-hydrogen) atoms. The van der Waals surface area contributed by atoms with Gasteiger partial charge in [0.2, 0.25) is 5.91 Å². The molecule has 0 bridgehead atoms. The Labute approximate surface area is 164 Å². The van der Waals surface area contributed by atoms with Crippen LogP contribution < -0.4 is 10.1 Å². The molecule has 1 aromatic heterocycles. The number of aromatic nitrogens is 1. The normalized spacial score (nSPS) is 16.5. The first-order chi connectivity index (χ1) is 11.3. The van der Waals surface area contributed by atoms with Crippen molar-refractivity contribution in [2.75, 3.05) is 26.7 Å². The number of carbonyl (C=O) groups excluding carboxylic acids is 1. The number of nitrogens with zero attached hydrogens (tertiary/aromatic N) is 2. The maximum absolute atomic E-state index is 12.7. The molecule has 1 unspecified atom stereocenters. The molecule has 1 atom stereocenters. The second kappa shape index (κ2) is 10.6. The van der Waals surface area contributed by atoms with Gasteiger partial charge in [-0.15, -0.1) is 36.2 Å². The highest BCUT2D eigenvalue weighted by Gasteiger charge is 2.29. The van der Waals surface area contributed by atoms with Crippen molar-refractivity contribution in [3.05, 3.63) is 46.4 Å². The molecular weight excluding hydrogens is 381 g/mol. The Morgan fingerprint density at radius 2 is 2.20 bits per heavy atom. The van der Waals surface area contributed by atoms with Gasteiger partial charge in [0.05, 0.1) is 18.2 Å². The predicted octanol–water partition coefficient (Wildman–Crippen LogP) is 3.10. The molecular formula is C17H23Cl2N3O2S. The zero-order valence-electron chi connectivity index (χ0n) is 14.0. The number of nitrogens with one attached hydrogen (secondary N) is 1. The third-order valence-corrected chi connectivity index (χ3v) is 4.94. The second-order valence-electron chi connectivity index (χ2n) is 5.47. The molecule has 138 valence electrons. The van der Waals surface area contributed by atoms with E-state index in [0.29, 0.717) is 12.8 Å². The molecule has 2 heterocycles. The molecule has 1 amide bonds. The quantitative estimate of drug-likeness (QED) is 0.832. The van der Waals surface area contributed by atoms with Gasteiger partial charge in [-0.25, -0.2) is 4.98 Å². The van der Waals surface area contributed by atoms with Crippen LogP contribution in [0.15, 0.2) is 35.8 Å². The molecule has 0 radical (unpaired) electrons. The fourth-order valence-electron chi connectivity index (χ4n) is 2.96. The third-order valence-electron chi connectivity index (χ3n) is 4.10. The van der Waals surface area contributed by atoms with E-state index in [1.165, 1.54) is 0 Å². The number of benzene rings is 1. The summed E-state index contributed by atoms with van der Waals surface area (Å²) in [6.07, 6.45) is 2.99. The molecule has 0 spiro atoms. The number of piperazine rings is 1. The van der Waals surface area contributed by atoms with Crippen molar-refractivity contribution < 1.29 is 9.53 Å². The second-order valence-corrected chi connectivity index (χ2v) is 6.45. The van der Waals surface area contributed by atoms with Crippen LogP contribution in [0, 0.1) is 0 Å². The molecule has 8 heteroatoms. The summed E-state index contributed by atoms with van der Waals surface area (Å²) in [5.74, 6) is 1.01. The number of halogens is 2. The van der Waals surface area contributed by atoms with Crippen LogP contribution in [-0.4, -0.2) is 42.5 Å². The largest absolute Gasteiger partial charge is 0.496 e. The Morgan fingerprint density at radius 1 is 1.40 bits per heavy atom. The summed E-state index contributed by atoms with van der Waals surface area (Å²) in [7, 11) is 1.67. The van der Waals surface area contributed by atoms with Crippen molar-refractivity contribution in [1.82, 2.24) is 15.2 Å². The van der Waals surface area contributed by atoms with Gasteiger partial charge in [0.25, 0.3) is 0 Å². The summed E-state index contributed by atoms with van der Waals surface area (Å²) in [5, 5.41) is 6.34. The maximum Gasteiger partial charge on any atom is 0.223 e. The summed E-state index contributed by atoms with van der Waals surface area (Å²) >= 11 is 1.60.